The van der Waals surface area contributed by atoms with Gasteiger partial charge in [-0.05, 0) is 25.8 Å². The number of amides is 2. The Bertz CT molecular complexity index is 875. The number of allylic oxidation sites excluding steroid dienone is 1. The van der Waals surface area contributed by atoms with Crippen LogP contribution in [0.1, 0.15) is 31.7 Å². The molecule has 2 fully saturated rings. The molecule has 2 saturated heterocycles. The van der Waals surface area contributed by atoms with E-state index in [2.05, 4.69) is 26.9 Å². The molecule has 5 atom stereocenters. The number of rotatable bonds is 3. The zero-order valence-corrected chi connectivity index (χ0v) is 16.4. The number of hydrogen-bond donors (Lipinski definition) is 5. The van der Waals surface area contributed by atoms with E-state index in [-0.39, 0.29) is 23.5 Å². The number of hydrazine groups is 2. The summed E-state index contributed by atoms with van der Waals surface area (Å²) in [6, 6.07) is 6.38. The van der Waals surface area contributed by atoms with Gasteiger partial charge in [0.05, 0.1) is 12.1 Å². The topological polar surface area (TPSA) is 97.5 Å². The van der Waals surface area contributed by atoms with Gasteiger partial charge in [0.15, 0.2) is 0 Å². The molecule has 8 nitrogen and oxygen atoms in total. The molecule has 0 radical (unpaired) electrons. The molecule has 162 valence electrons. The molecule has 11 heteroatoms. The Hall–Kier alpha value is -2.63. The van der Waals surface area contributed by atoms with Gasteiger partial charge in [0.25, 0.3) is 11.8 Å². The summed E-state index contributed by atoms with van der Waals surface area (Å²) >= 11 is 0. The molecule has 3 aliphatic heterocycles. The summed E-state index contributed by atoms with van der Waals surface area (Å²) in [6.45, 7) is 3.45. The summed E-state index contributed by atoms with van der Waals surface area (Å²) in [5.41, 5.74) is 8.61. The number of halogens is 3. The van der Waals surface area contributed by atoms with Gasteiger partial charge < -0.3 is 10.6 Å². The lowest BCUT2D eigenvalue weighted by Crippen LogP contribution is -2.57. The minimum absolute atomic E-state index is 0.134. The van der Waals surface area contributed by atoms with Crippen molar-refractivity contribution in [2.75, 3.05) is 0 Å². The molecular formula is C19H23F3N6O2. The SMILES string of the molecule is CC1=C(C(=O)NC2CC(C)NN2)C(=O)N2NC(C(F)(F)F)C(c3ccccc3)C2N1. The fourth-order valence-corrected chi connectivity index (χ4v) is 4.20. The van der Waals surface area contributed by atoms with E-state index in [0.29, 0.717) is 12.0 Å². The third kappa shape index (κ3) is 3.64. The molecule has 5 unspecified atom stereocenters. The number of fused-ring (bicyclic) bond motifs is 1. The number of carbonyl (C=O) groups excluding carboxylic acids is 2. The van der Waals surface area contributed by atoms with E-state index in [9.17, 15) is 22.8 Å². The Morgan fingerprint density at radius 1 is 1.20 bits per heavy atom. The van der Waals surface area contributed by atoms with Crippen LogP contribution in [-0.2, 0) is 9.59 Å². The summed E-state index contributed by atoms with van der Waals surface area (Å²) in [6.07, 6.45) is -5.35. The second kappa shape index (κ2) is 7.56. The lowest BCUT2D eigenvalue weighted by atomic mass is 9.89. The van der Waals surface area contributed by atoms with Crippen LogP contribution in [0.5, 0.6) is 0 Å². The Morgan fingerprint density at radius 3 is 2.50 bits per heavy atom. The summed E-state index contributed by atoms with van der Waals surface area (Å²) in [5, 5.41) is 6.54. The molecule has 3 aliphatic rings. The normalized spacial score (nSPS) is 31.6. The summed E-state index contributed by atoms with van der Waals surface area (Å²) in [5.74, 6) is -2.51. The van der Waals surface area contributed by atoms with E-state index in [4.69, 9.17) is 0 Å². The van der Waals surface area contributed by atoms with Crippen molar-refractivity contribution in [3.63, 3.8) is 0 Å². The van der Waals surface area contributed by atoms with Crippen molar-refractivity contribution in [2.24, 2.45) is 0 Å². The fourth-order valence-electron chi connectivity index (χ4n) is 4.20. The number of hydrogen-bond acceptors (Lipinski definition) is 6. The van der Waals surface area contributed by atoms with Crippen molar-refractivity contribution >= 4 is 11.8 Å². The highest BCUT2D eigenvalue weighted by molar-refractivity contribution is 6.19. The van der Waals surface area contributed by atoms with E-state index in [1.165, 1.54) is 6.92 Å². The predicted molar refractivity (Wildman–Crippen MR) is 101 cm³/mol. The zero-order valence-electron chi connectivity index (χ0n) is 16.4. The van der Waals surface area contributed by atoms with Crippen LogP contribution in [0, 0.1) is 0 Å². The second-order valence-electron chi connectivity index (χ2n) is 7.80. The molecule has 0 aromatic heterocycles. The third-order valence-corrected chi connectivity index (χ3v) is 5.59. The molecule has 4 rings (SSSR count). The summed E-state index contributed by atoms with van der Waals surface area (Å²) < 4.78 is 41.4. The van der Waals surface area contributed by atoms with Crippen LogP contribution in [0.4, 0.5) is 13.2 Å². The van der Waals surface area contributed by atoms with Gasteiger partial charge in [-0.2, -0.15) is 13.2 Å². The lowest BCUT2D eigenvalue weighted by molar-refractivity contribution is -0.161. The lowest BCUT2D eigenvalue weighted by Gasteiger charge is -2.34. The van der Waals surface area contributed by atoms with Crippen LogP contribution in [0.25, 0.3) is 0 Å². The zero-order chi connectivity index (χ0) is 21.6. The van der Waals surface area contributed by atoms with Crippen LogP contribution in [0.2, 0.25) is 0 Å². The summed E-state index contributed by atoms with van der Waals surface area (Å²) in [4.78, 5) is 25.8. The molecule has 3 heterocycles. The van der Waals surface area contributed by atoms with Gasteiger partial charge in [0.2, 0.25) is 0 Å². The van der Waals surface area contributed by atoms with Crippen LogP contribution in [-0.4, -0.2) is 47.4 Å². The first-order valence-corrected chi connectivity index (χ1v) is 9.67. The molecule has 0 spiro atoms. The minimum Gasteiger partial charge on any atom is -0.366 e. The van der Waals surface area contributed by atoms with Crippen molar-refractivity contribution in [2.45, 2.75) is 56.8 Å². The highest BCUT2D eigenvalue weighted by atomic mass is 19.4. The minimum atomic E-state index is -4.59. The average molecular weight is 424 g/mol. The molecule has 1 aromatic rings. The van der Waals surface area contributed by atoms with E-state index in [1.54, 1.807) is 30.3 Å². The van der Waals surface area contributed by atoms with E-state index in [0.717, 1.165) is 5.01 Å². The van der Waals surface area contributed by atoms with Crippen molar-refractivity contribution in [1.29, 1.82) is 0 Å². The van der Waals surface area contributed by atoms with Crippen molar-refractivity contribution in [1.82, 2.24) is 31.9 Å². The maximum atomic E-state index is 13.8. The van der Waals surface area contributed by atoms with Gasteiger partial charge >= 0.3 is 6.18 Å². The first kappa shape index (κ1) is 20.6. The highest BCUT2D eigenvalue weighted by Crippen LogP contribution is 2.41. The Kier molecular flexibility index (Phi) is 5.20. The van der Waals surface area contributed by atoms with Gasteiger partial charge in [-0.25, -0.2) is 15.9 Å². The summed E-state index contributed by atoms with van der Waals surface area (Å²) in [7, 11) is 0. The Labute approximate surface area is 171 Å². The average Bonchev–Trinajstić information content (AvgIpc) is 3.26. The molecule has 0 bridgehead atoms. The van der Waals surface area contributed by atoms with Crippen LogP contribution in [0.15, 0.2) is 41.6 Å². The maximum absolute atomic E-state index is 13.8. The predicted octanol–water partition coefficient (Wildman–Crippen LogP) is 0.580. The van der Waals surface area contributed by atoms with E-state index >= 15 is 0 Å². The van der Waals surface area contributed by atoms with Gasteiger partial charge in [-0.15, -0.1) is 0 Å². The molecular weight excluding hydrogens is 401 g/mol. The standard InChI is InChI=1S/C19H23F3N6O2/c1-9-8-12(26-25-9)24-17(29)13-10(2)23-16-14(11-6-4-3-5-7-11)15(19(20,21)22)27-28(16)18(13)30/h3-7,9,12,14-16,23,25-27H,8H2,1-2H3,(H,24,29). The fraction of sp³-hybridized carbons (Fsp3) is 0.474. The van der Waals surface area contributed by atoms with Crippen LogP contribution >= 0.6 is 0 Å². The van der Waals surface area contributed by atoms with Gasteiger partial charge in [-0.3, -0.25) is 15.0 Å². The van der Waals surface area contributed by atoms with Gasteiger partial charge in [-0.1, -0.05) is 30.3 Å². The number of benzene rings is 1. The van der Waals surface area contributed by atoms with E-state index < -0.39 is 36.1 Å². The van der Waals surface area contributed by atoms with Crippen LogP contribution in [0.3, 0.4) is 0 Å². The van der Waals surface area contributed by atoms with E-state index in [1.807, 2.05) is 6.92 Å². The second-order valence-corrected chi connectivity index (χ2v) is 7.80. The Morgan fingerprint density at radius 2 is 1.90 bits per heavy atom. The molecule has 0 saturated carbocycles. The molecule has 2 amide bonds. The van der Waals surface area contributed by atoms with Crippen molar-refractivity contribution in [3.8, 4) is 0 Å². The van der Waals surface area contributed by atoms with Gasteiger partial charge in [0, 0.05) is 11.7 Å². The van der Waals surface area contributed by atoms with Crippen molar-refractivity contribution in [3.05, 3.63) is 47.2 Å². The van der Waals surface area contributed by atoms with Crippen LogP contribution < -0.4 is 26.9 Å². The molecule has 1 aromatic carbocycles. The first-order chi connectivity index (χ1) is 14.2. The Balaban J connectivity index is 1.62. The number of alkyl halides is 3. The number of carbonyl (C=O) groups is 2. The largest absolute Gasteiger partial charge is 0.406 e. The highest BCUT2D eigenvalue weighted by Gasteiger charge is 2.58. The first-order valence-electron chi connectivity index (χ1n) is 9.67. The molecule has 0 aliphatic carbocycles. The monoisotopic (exact) mass is 424 g/mol. The molecule has 30 heavy (non-hydrogen) atoms. The molecule has 5 N–H and O–H groups in total. The maximum Gasteiger partial charge on any atom is 0.406 e. The smallest absolute Gasteiger partial charge is 0.366 e. The number of nitrogens with one attached hydrogen (secondary N) is 5. The quantitative estimate of drug-likeness (QED) is 0.456. The third-order valence-electron chi connectivity index (χ3n) is 5.59. The van der Waals surface area contributed by atoms with Crippen molar-refractivity contribution < 1.29 is 22.8 Å². The van der Waals surface area contributed by atoms with Gasteiger partial charge in [0.1, 0.15) is 17.8 Å². The number of nitrogens with zero attached hydrogens (tertiary/aromatic N) is 1.